The molecule has 2 heteroatoms. The highest BCUT2D eigenvalue weighted by Gasteiger charge is 2.02. The quantitative estimate of drug-likeness (QED) is 0.647. The van der Waals surface area contributed by atoms with Crippen LogP contribution in [0.25, 0.3) is 0 Å². The molecule has 1 aliphatic heterocycles. The van der Waals surface area contributed by atoms with E-state index < -0.39 is 0 Å². The Balaban J connectivity index is 2.09. The molecule has 2 nitrogen and oxygen atoms in total. The first-order valence-electron chi connectivity index (χ1n) is 4.78. The molecule has 70 valence electrons. The molecule has 0 spiro atoms. The number of hydrogen-bond acceptors (Lipinski definition) is 2. The maximum absolute atomic E-state index is 5.23. The van der Waals surface area contributed by atoms with E-state index in [-0.39, 0.29) is 0 Å². The monoisotopic (exact) mass is 169 g/mol. The van der Waals surface area contributed by atoms with E-state index in [1.807, 2.05) is 0 Å². The van der Waals surface area contributed by atoms with E-state index in [2.05, 4.69) is 25.2 Å². The highest BCUT2D eigenvalue weighted by molar-refractivity contribution is 5.04. The summed E-state index contributed by atoms with van der Waals surface area (Å²) in [5.74, 6) is 0. The van der Waals surface area contributed by atoms with E-state index in [0.717, 1.165) is 26.2 Å². The molecule has 0 bridgehead atoms. The minimum Gasteiger partial charge on any atom is -0.377 e. The number of hydrogen-bond donors (Lipinski definition) is 1. The second kappa shape index (κ2) is 5.33. The van der Waals surface area contributed by atoms with Gasteiger partial charge in [0.1, 0.15) is 0 Å². The molecule has 0 aromatic rings. The molecule has 0 atom stereocenters. The first kappa shape index (κ1) is 9.75. The highest BCUT2D eigenvalue weighted by atomic mass is 16.5. The summed E-state index contributed by atoms with van der Waals surface area (Å²) in [6.07, 6.45) is 4.52. The van der Waals surface area contributed by atoms with Crippen LogP contribution in [-0.2, 0) is 4.74 Å². The van der Waals surface area contributed by atoms with Gasteiger partial charge in [-0.25, -0.2) is 0 Å². The molecule has 0 unspecified atom stereocenters. The summed E-state index contributed by atoms with van der Waals surface area (Å²) in [6, 6.07) is 0.602. The van der Waals surface area contributed by atoms with Crippen molar-refractivity contribution < 1.29 is 4.74 Å². The van der Waals surface area contributed by atoms with E-state index in [9.17, 15) is 0 Å². The van der Waals surface area contributed by atoms with Gasteiger partial charge in [-0.05, 0) is 19.4 Å². The Morgan fingerprint density at radius 2 is 2.42 bits per heavy atom. The smallest absolute Gasteiger partial charge is 0.0650 e. The molecule has 1 rings (SSSR count). The Bertz CT molecular complexity index is 152. The maximum Gasteiger partial charge on any atom is 0.0650 e. The summed E-state index contributed by atoms with van der Waals surface area (Å²) in [5, 5.41) is 3.41. The molecule has 0 radical (unpaired) electrons. The molecular formula is C10H19NO. The van der Waals surface area contributed by atoms with Crippen molar-refractivity contribution in [3.05, 3.63) is 11.6 Å². The SMILES string of the molecule is CC(C)NCCC1=CCOCC1. The first-order chi connectivity index (χ1) is 5.79. The molecule has 0 saturated heterocycles. The zero-order valence-electron chi connectivity index (χ0n) is 8.10. The van der Waals surface area contributed by atoms with Gasteiger partial charge < -0.3 is 10.1 Å². The minimum atomic E-state index is 0.602. The second-order valence-corrected chi connectivity index (χ2v) is 3.55. The average molecular weight is 169 g/mol. The third-order valence-electron chi connectivity index (χ3n) is 2.06. The van der Waals surface area contributed by atoms with E-state index >= 15 is 0 Å². The van der Waals surface area contributed by atoms with Crippen LogP contribution in [-0.4, -0.2) is 25.8 Å². The fourth-order valence-electron chi connectivity index (χ4n) is 1.31. The molecule has 0 fully saturated rings. The van der Waals surface area contributed by atoms with Crippen LogP contribution in [0.1, 0.15) is 26.7 Å². The number of rotatable bonds is 4. The fourth-order valence-corrected chi connectivity index (χ4v) is 1.31. The molecule has 1 aliphatic rings. The maximum atomic E-state index is 5.23. The van der Waals surface area contributed by atoms with Gasteiger partial charge >= 0.3 is 0 Å². The van der Waals surface area contributed by atoms with Crippen LogP contribution < -0.4 is 5.32 Å². The summed E-state index contributed by atoms with van der Waals surface area (Å²) in [4.78, 5) is 0. The fraction of sp³-hybridized carbons (Fsp3) is 0.800. The molecule has 12 heavy (non-hydrogen) atoms. The molecule has 1 N–H and O–H groups in total. The summed E-state index contributed by atoms with van der Waals surface area (Å²) in [5.41, 5.74) is 1.55. The normalized spacial score (nSPS) is 18.1. The summed E-state index contributed by atoms with van der Waals surface area (Å²) in [6.45, 7) is 7.19. The zero-order chi connectivity index (χ0) is 8.81. The number of ether oxygens (including phenoxy) is 1. The Kier molecular flexibility index (Phi) is 4.33. The Morgan fingerprint density at radius 1 is 1.58 bits per heavy atom. The Morgan fingerprint density at radius 3 is 3.00 bits per heavy atom. The van der Waals surface area contributed by atoms with Gasteiger partial charge in [-0.3, -0.25) is 0 Å². The van der Waals surface area contributed by atoms with Gasteiger partial charge in [-0.15, -0.1) is 0 Å². The van der Waals surface area contributed by atoms with Crippen LogP contribution in [0.15, 0.2) is 11.6 Å². The first-order valence-corrected chi connectivity index (χ1v) is 4.78. The molecule has 0 aromatic heterocycles. The van der Waals surface area contributed by atoms with E-state index in [0.29, 0.717) is 6.04 Å². The molecule has 0 aromatic carbocycles. The zero-order valence-corrected chi connectivity index (χ0v) is 8.10. The highest BCUT2D eigenvalue weighted by Crippen LogP contribution is 2.10. The van der Waals surface area contributed by atoms with E-state index in [1.165, 1.54) is 6.42 Å². The molecule has 0 aliphatic carbocycles. The van der Waals surface area contributed by atoms with Crippen molar-refractivity contribution in [2.75, 3.05) is 19.8 Å². The van der Waals surface area contributed by atoms with Crippen LogP contribution in [0, 0.1) is 0 Å². The van der Waals surface area contributed by atoms with Crippen molar-refractivity contribution in [1.29, 1.82) is 0 Å². The van der Waals surface area contributed by atoms with Crippen LogP contribution in [0.2, 0.25) is 0 Å². The predicted molar refractivity (Wildman–Crippen MR) is 51.3 cm³/mol. The summed E-state index contributed by atoms with van der Waals surface area (Å²) < 4.78 is 5.23. The predicted octanol–water partition coefficient (Wildman–Crippen LogP) is 1.72. The largest absolute Gasteiger partial charge is 0.377 e. The Labute approximate surface area is 75.0 Å². The van der Waals surface area contributed by atoms with E-state index in [1.54, 1.807) is 5.57 Å². The van der Waals surface area contributed by atoms with Gasteiger partial charge in [0.05, 0.1) is 13.2 Å². The second-order valence-electron chi connectivity index (χ2n) is 3.55. The van der Waals surface area contributed by atoms with Crippen molar-refractivity contribution in [2.45, 2.75) is 32.7 Å². The van der Waals surface area contributed by atoms with Gasteiger partial charge in [0.15, 0.2) is 0 Å². The topological polar surface area (TPSA) is 21.3 Å². The lowest BCUT2D eigenvalue weighted by molar-refractivity contribution is 0.153. The molecular weight excluding hydrogens is 150 g/mol. The Hall–Kier alpha value is -0.340. The lowest BCUT2D eigenvalue weighted by atomic mass is 10.1. The minimum absolute atomic E-state index is 0.602. The number of nitrogens with one attached hydrogen (secondary N) is 1. The standard InChI is InChI=1S/C10H19NO/c1-9(2)11-6-3-10-4-7-12-8-5-10/h4,9,11H,3,5-8H2,1-2H3. The lowest BCUT2D eigenvalue weighted by Gasteiger charge is -2.14. The third-order valence-corrected chi connectivity index (χ3v) is 2.06. The van der Waals surface area contributed by atoms with Crippen LogP contribution in [0.5, 0.6) is 0 Å². The summed E-state index contributed by atoms with van der Waals surface area (Å²) in [7, 11) is 0. The average Bonchev–Trinajstić information content (AvgIpc) is 2.05. The van der Waals surface area contributed by atoms with Gasteiger partial charge in [-0.1, -0.05) is 25.5 Å². The molecule has 0 amide bonds. The van der Waals surface area contributed by atoms with Gasteiger partial charge in [0.2, 0.25) is 0 Å². The van der Waals surface area contributed by atoms with Gasteiger partial charge in [0, 0.05) is 6.04 Å². The third kappa shape index (κ3) is 3.88. The molecule has 0 saturated carbocycles. The van der Waals surface area contributed by atoms with Crippen molar-refractivity contribution >= 4 is 0 Å². The van der Waals surface area contributed by atoms with E-state index in [4.69, 9.17) is 4.74 Å². The van der Waals surface area contributed by atoms with Crippen molar-refractivity contribution in [3.8, 4) is 0 Å². The van der Waals surface area contributed by atoms with Gasteiger partial charge in [0.25, 0.3) is 0 Å². The molecule has 1 heterocycles. The van der Waals surface area contributed by atoms with Crippen molar-refractivity contribution in [1.82, 2.24) is 5.32 Å². The van der Waals surface area contributed by atoms with Crippen LogP contribution in [0.4, 0.5) is 0 Å². The van der Waals surface area contributed by atoms with Crippen molar-refractivity contribution in [3.63, 3.8) is 0 Å². The van der Waals surface area contributed by atoms with Crippen molar-refractivity contribution in [2.24, 2.45) is 0 Å². The summed E-state index contributed by atoms with van der Waals surface area (Å²) >= 11 is 0. The lowest BCUT2D eigenvalue weighted by Crippen LogP contribution is -2.24. The van der Waals surface area contributed by atoms with Crippen LogP contribution in [0.3, 0.4) is 0 Å². The van der Waals surface area contributed by atoms with Gasteiger partial charge in [-0.2, -0.15) is 0 Å². The van der Waals surface area contributed by atoms with Crippen LogP contribution >= 0.6 is 0 Å².